The SMILES string of the molecule is Cc1ccccc1C(C)Nc1c(F)ccc(C)c1F. The second-order valence-corrected chi connectivity index (χ2v) is 4.78. The van der Waals surface area contributed by atoms with E-state index in [2.05, 4.69) is 5.32 Å². The maximum Gasteiger partial charge on any atom is 0.152 e. The van der Waals surface area contributed by atoms with E-state index in [1.165, 1.54) is 12.1 Å². The molecular weight excluding hydrogens is 244 g/mol. The van der Waals surface area contributed by atoms with E-state index in [1.807, 2.05) is 38.1 Å². The summed E-state index contributed by atoms with van der Waals surface area (Å²) >= 11 is 0. The van der Waals surface area contributed by atoms with Crippen molar-refractivity contribution in [1.82, 2.24) is 0 Å². The van der Waals surface area contributed by atoms with Crippen molar-refractivity contribution in [3.63, 3.8) is 0 Å². The molecule has 0 bridgehead atoms. The second kappa shape index (κ2) is 5.39. The number of rotatable bonds is 3. The zero-order valence-corrected chi connectivity index (χ0v) is 11.3. The molecule has 1 unspecified atom stereocenters. The molecule has 3 heteroatoms. The Balaban J connectivity index is 2.32. The third kappa shape index (κ3) is 2.75. The van der Waals surface area contributed by atoms with Crippen molar-refractivity contribution in [3.05, 3.63) is 64.7 Å². The molecule has 0 aliphatic heterocycles. The molecule has 100 valence electrons. The van der Waals surface area contributed by atoms with E-state index in [-0.39, 0.29) is 11.7 Å². The van der Waals surface area contributed by atoms with E-state index in [9.17, 15) is 8.78 Å². The van der Waals surface area contributed by atoms with Crippen molar-refractivity contribution in [3.8, 4) is 0 Å². The maximum absolute atomic E-state index is 13.9. The Bertz CT molecular complexity index is 593. The fourth-order valence-corrected chi connectivity index (χ4v) is 2.16. The van der Waals surface area contributed by atoms with Crippen LogP contribution in [0.2, 0.25) is 0 Å². The van der Waals surface area contributed by atoms with Crippen LogP contribution in [0.1, 0.15) is 29.7 Å². The summed E-state index contributed by atoms with van der Waals surface area (Å²) in [6, 6.07) is 10.4. The van der Waals surface area contributed by atoms with Crippen LogP contribution in [-0.2, 0) is 0 Å². The molecular formula is C16H17F2N. The zero-order valence-electron chi connectivity index (χ0n) is 11.3. The minimum Gasteiger partial charge on any atom is -0.374 e. The molecule has 1 N–H and O–H groups in total. The van der Waals surface area contributed by atoms with Crippen LogP contribution in [0, 0.1) is 25.5 Å². The number of hydrogen-bond donors (Lipinski definition) is 1. The Labute approximate surface area is 112 Å². The third-order valence-corrected chi connectivity index (χ3v) is 3.30. The highest BCUT2D eigenvalue weighted by Crippen LogP contribution is 2.27. The number of anilines is 1. The van der Waals surface area contributed by atoms with Gasteiger partial charge in [-0.05, 0) is 43.5 Å². The summed E-state index contributed by atoms with van der Waals surface area (Å²) in [5.74, 6) is -1.09. The first-order valence-corrected chi connectivity index (χ1v) is 6.27. The van der Waals surface area contributed by atoms with Gasteiger partial charge in [-0.3, -0.25) is 0 Å². The van der Waals surface area contributed by atoms with Gasteiger partial charge in [0.25, 0.3) is 0 Å². The highest BCUT2D eigenvalue weighted by atomic mass is 19.1. The molecule has 2 rings (SSSR count). The van der Waals surface area contributed by atoms with Crippen LogP contribution in [0.25, 0.3) is 0 Å². The van der Waals surface area contributed by atoms with Crippen LogP contribution in [0.15, 0.2) is 36.4 Å². The Morgan fingerprint density at radius 1 is 0.947 bits per heavy atom. The smallest absolute Gasteiger partial charge is 0.152 e. The molecule has 1 atom stereocenters. The predicted octanol–water partition coefficient (Wildman–Crippen LogP) is 4.75. The van der Waals surface area contributed by atoms with Crippen LogP contribution in [0.5, 0.6) is 0 Å². The van der Waals surface area contributed by atoms with Gasteiger partial charge in [-0.25, -0.2) is 8.78 Å². The van der Waals surface area contributed by atoms with Gasteiger partial charge < -0.3 is 5.32 Å². The number of halogens is 2. The highest BCUT2D eigenvalue weighted by molar-refractivity contribution is 5.51. The molecule has 0 amide bonds. The van der Waals surface area contributed by atoms with Crippen LogP contribution in [0.3, 0.4) is 0 Å². The minimum absolute atomic E-state index is 0.0595. The lowest BCUT2D eigenvalue weighted by atomic mass is 10.0. The van der Waals surface area contributed by atoms with Crippen molar-refractivity contribution in [2.45, 2.75) is 26.8 Å². The molecule has 0 saturated carbocycles. The summed E-state index contributed by atoms with van der Waals surface area (Å²) in [5.41, 5.74) is 2.50. The lowest BCUT2D eigenvalue weighted by Gasteiger charge is -2.19. The molecule has 1 nitrogen and oxygen atoms in total. The molecule has 0 radical (unpaired) electrons. The average Bonchev–Trinajstić information content (AvgIpc) is 2.39. The van der Waals surface area contributed by atoms with Gasteiger partial charge in [-0.15, -0.1) is 0 Å². The highest BCUT2D eigenvalue weighted by Gasteiger charge is 2.15. The fourth-order valence-electron chi connectivity index (χ4n) is 2.16. The summed E-state index contributed by atoms with van der Waals surface area (Å²) in [6.45, 7) is 5.50. The maximum atomic E-state index is 13.9. The monoisotopic (exact) mass is 261 g/mol. The summed E-state index contributed by atoms with van der Waals surface area (Å²) < 4.78 is 27.6. The third-order valence-electron chi connectivity index (χ3n) is 3.30. The zero-order chi connectivity index (χ0) is 14.0. The quantitative estimate of drug-likeness (QED) is 0.840. The van der Waals surface area contributed by atoms with E-state index in [0.717, 1.165) is 11.1 Å². The first-order valence-electron chi connectivity index (χ1n) is 6.27. The van der Waals surface area contributed by atoms with E-state index in [0.29, 0.717) is 5.56 Å². The molecule has 0 spiro atoms. The summed E-state index contributed by atoms with van der Waals surface area (Å²) in [6.07, 6.45) is 0. The molecule has 2 aromatic rings. The topological polar surface area (TPSA) is 12.0 Å². The average molecular weight is 261 g/mol. The normalized spacial score (nSPS) is 12.3. The first-order chi connectivity index (χ1) is 9.00. The number of hydrogen-bond acceptors (Lipinski definition) is 1. The van der Waals surface area contributed by atoms with Crippen molar-refractivity contribution in [1.29, 1.82) is 0 Å². The van der Waals surface area contributed by atoms with Gasteiger partial charge in [0.15, 0.2) is 5.82 Å². The number of benzene rings is 2. The van der Waals surface area contributed by atoms with E-state index < -0.39 is 11.6 Å². The Morgan fingerprint density at radius 2 is 1.63 bits per heavy atom. The molecule has 0 saturated heterocycles. The van der Waals surface area contributed by atoms with Crippen molar-refractivity contribution >= 4 is 5.69 Å². The van der Waals surface area contributed by atoms with Crippen LogP contribution >= 0.6 is 0 Å². The van der Waals surface area contributed by atoms with Crippen LogP contribution in [-0.4, -0.2) is 0 Å². The largest absolute Gasteiger partial charge is 0.374 e. The predicted molar refractivity (Wildman–Crippen MR) is 74.3 cm³/mol. The summed E-state index contributed by atoms with van der Waals surface area (Å²) in [7, 11) is 0. The fraction of sp³-hybridized carbons (Fsp3) is 0.250. The van der Waals surface area contributed by atoms with Gasteiger partial charge in [0.2, 0.25) is 0 Å². The molecule has 0 fully saturated rings. The lowest BCUT2D eigenvalue weighted by molar-refractivity contribution is 0.579. The van der Waals surface area contributed by atoms with E-state index in [1.54, 1.807) is 6.92 Å². The first kappa shape index (κ1) is 13.5. The van der Waals surface area contributed by atoms with Gasteiger partial charge in [0, 0.05) is 6.04 Å². The molecule has 0 aromatic heterocycles. The molecule has 0 aliphatic carbocycles. The standard InChI is InChI=1S/C16H17F2N/c1-10-6-4-5-7-13(10)12(3)19-16-14(17)9-8-11(2)15(16)18/h4-9,12,19H,1-3H3. The van der Waals surface area contributed by atoms with Gasteiger partial charge in [0.1, 0.15) is 11.5 Å². The Kier molecular flexibility index (Phi) is 3.84. The van der Waals surface area contributed by atoms with Gasteiger partial charge >= 0.3 is 0 Å². The molecule has 0 aliphatic rings. The summed E-state index contributed by atoms with van der Waals surface area (Å²) in [5, 5.41) is 2.93. The van der Waals surface area contributed by atoms with Gasteiger partial charge in [0.05, 0.1) is 0 Å². The van der Waals surface area contributed by atoms with Gasteiger partial charge in [-0.1, -0.05) is 30.3 Å². The molecule has 19 heavy (non-hydrogen) atoms. The van der Waals surface area contributed by atoms with Gasteiger partial charge in [-0.2, -0.15) is 0 Å². The molecule has 2 aromatic carbocycles. The summed E-state index contributed by atoms with van der Waals surface area (Å²) in [4.78, 5) is 0. The Hall–Kier alpha value is -1.90. The van der Waals surface area contributed by atoms with Crippen molar-refractivity contribution < 1.29 is 8.78 Å². The second-order valence-electron chi connectivity index (χ2n) is 4.78. The van der Waals surface area contributed by atoms with Crippen molar-refractivity contribution in [2.75, 3.05) is 5.32 Å². The lowest BCUT2D eigenvalue weighted by Crippen LogP contribution is -2.11. The van der Waals surface area contributed by atoms with Crippen molar-refractivity contribution in [2.24, 2.45) is 0 Å². The van der Waals surface area contributed by atoms with Crippen LogP contribution < -0.4 is 5.32 Å². The Morgan fingerprint density at radius 3 is 2.32 bits per heavy atom. The minimum atomic E-state index is -0.566. The molecule has 0 heterocycles. The number of aryl methyl sites for hydroxylation is 2. The number of nitrogens with one attached hydrogen (secondary N) is 1. The van der Waals surface area contributed by atoms with E-state index in [4.69, 9.17) is 0 Å². The van der Waals surface area contributed by atoms with Crippen LogP contribution in [0.4, 0.5) is 14.5 Å². The van der Waals surface area contributed by atoms with E-state index >= 15 is 0 Å².